The number of aromatic nitrogens is 4. The van der Waals surface area contributed by atoms with Crippen molar-refractivity contribution in [3.63, 3.8) is 0 Å². The first-order valence-electron chi connectivity index (χ1n) is 8.20. The van der Waals surface area contributed by atoms with Crippen LogP contribution in [-0.4, -0.2) is 63.9 Å². The van der Waals surface area contributed by atoms with Crippen LogP contribution in [0.3, 0.4) is 0 Å². The zero-order valence-corrected chi connectivity index (χ0v) is 13.9. The van der Waals surface area contributed by atoms with E-state index in [9.17, 15) is 10.1 Å². The van der Waals surface area contributed by atoms with Crippen molar-refractivity contribution in [1.82, 2.24) is 24.6 Å². The fourth-order valence-corrected chi connectivity index (χ4v) is 3.35. The standard InChI is InChI=1S/C16H18N8O/c1-21-6-7-23(16(21)25)13-9-20-24(11-13)12-2-5-22(10-12)15-14(8-17)18-3-4-19-15/h3-4,9,11-12H,2,5-7,10H2,1H3. The van der Waals surface area contributed by atoms with Gasteiger partial charge in [-0.25, -0.2) is 14.8 Å². The van der Waals surface area contributed by atoms with Crippen molar-refractivity contribution in [3.05, 3.63) is 30.5 Å². The van der Waals surface area contributed by atoms with E-state index in [1.807, 2.05) is 10.9 Å². The second kappa shape index (κ2) is 6.05. The molecule has 2 aromatic heterocycles. The van der Waals surface area contributed by atoms with Gasteiger partial charge in [0.1, 0.15) is 6.07 Å². The van der Waals surface area contributed by atoms with E-state index >= 15 is 0 Å². The minimum absolute atomic E-state index is 0.00539. The van der Waals surface area contributed by atoms with E-state index in [-0.39, 0.29) is 12.1 Å². The number of anilines is 2. The topological polar surface area (TPSA) is 94.2 Å². The van der Waals surface area contributed by atoms with Crippen molar-refractivity contribution in [1.29, 1.82) is 5.26 Å². The Morgan fingerprint density at radius 1 is 1.24 bits per heavy atom. The van der Waals surface area contributed by atoms with Gasteiger partial charge in [0.25, 0.3) is 0 Å². The molecule has 4 rings (SSSR count). The third kappa shape index (κ3) is 2.65. The van der Waals surface area contributed by atoms with Gasteiger partial charge in [0.05, 0.1) is 17.9 Å². The molecular formula is C16H18N8O. The average Bonchev–Trinajstić information content (AvgIpc) is 3.36. The molecule has 2 aliphatic rings. The molecule has 2 saturated heterocycles. The molecule has 0 radical (unpaired) electrons. The Balaban J connectivity index is 1.50. The van der Waals surface area contributed by atoms with E-state index in [4.69, 9.17) is 0 Å². The highest BCUT2D eigenvalue weighted by Crippen LogP contribution is 2.28. The lowest BCUT2D eigenvalue weighted by atomic mass is 10.3. The van der Waals surface area contributed by atoms with Crippen LogP contribution in [-0.2, 0) is 0 Å². The summed E-state index contributed by atoms with van der Waals surface area (Å²) in [6.45, 7) is 2.91. The van der Waals surface area contributed by atoms with Crippen LogP contribution < -0.4 is 9.80 Å². The summed E-state index contributed by atoms with van der Waals surface area (Å²) >= 11 is 0. The maximum atomic E-state index is 12.1. The summed E-state index contributed by atoms with van der Waals surface area (Å²) in [7, 11) is 1.80. The van der Waals surface area contributed by atoms with Gasteiger partial charge in [-0.2, -0.15) is 10.4 Å². The molecule has 0 aromatic carbocycles. The summed E-state index contributed by atoms with van der Waals surface area (Å²) in [5.74, 6) is 0.622. The van der Waals surface area contributed by atoms with Crippen molar-refractivity contribution in [2.24, 2.45) is 0 Å². The van der Waals surface area contributed by atoms with Crippen molar-refractivity contribution in [3.8, 4) is 6.07 Å². The predicted octanol–water partition coefficient (Wildman–Crippen LogP) is 0.868. The minimum Gasteiger partial charge on any atom is -0.352 e. The monoisotopic (exact) mass is 338 g/mol. The summed E-state index contributed by atoms with van der Waals surface area (Å²) in [5, 5.41) is 13.6. The van der Waals surface area contributed by atoms with Crippen LogP contribution in [0, 0.1) is 11.3 Å². The molecular weight excluding hydrogens is 320 g/mol. The fourth-order valence-electron chi connectivity index (χ4n) is 3.35. The second-order valence-corrected chi connectivity index (χ2v) is 6.26. The molecule has 0 spiro atoms. The number of carbonyl (C=O) groups is 1. The average molecular weight is 338 g/mol. The Morgan fingerprint density at radius 2 is 2.08 bits per heavy atom. The molecule has 0 bridgehead atoms. The van der Waals surface area contributed by atoms with E-state index in [0.717, 1.165) is 25.2 Å². The molecule has 9 nitrogen and oxygen atoms in total. The fraction of sp³-hybridized carbons (Fsp3) is 0.438. The van der Waals surface area contributed by atoms with Gasteiger partial charge in [-0.15, -0.1) is 0 Å². The highest BCUT2D eigenvalue weighted by Gasteiger charge is 2.30. The number of nitrogens with zero attached hydrogens (tertiary/aromatic N) is 8. The Labute approximate surface area is 145 Å². The molecule has 128 valence electrons. The molecule has 0 aliphatic carbocycles. The third-order valence-electron chi connectivity index (χ3n) is 4.74. The van der Waals surface area contributed by atoms with Gasteiger partial charge in [-0.1, -0.05) is 0 Å². The lowest BCUT2D eigenvalue weighted by Crippen LogP contribution is -2.28. The smallest absolute Gasteiger partial charge is 0.324 e. The SMILES string of the molecule is CN1CCN(c2cnn(C3CCN(c4nccnc4C#N)C3)c2)C1=O. The Kier molecular flexibility index (Phi) is 3.72. The van der Waals surface area contributed by atoms with Crippen molar-refractivity contribution in [2.45, 2.75) is 12.5 Å². The number of urea groups is 1. The van der Waals surface area contributed by atoms with Crippen LogP contribution >= 0.6 is 0 Å². The van der Waals surface area contributed by atoms with Crippen LogP contribution in [0.5, 0.6) is 0 Å². The number of carbonyl (C=O) groups excluding carboxylic acids is 1. The van der Waals surface area contributed by atoms with Crippen molar-refractivity contribution < 1.29 is 4.79 Å². The molecule has 2 fully saturated rings. The number of hydrogen-bond donors (Lipinski definition) is 0. The highest BCUT2D eigenvalue weighted by atomic mass is 16.2. The number of nitriles is 1. The summed E-state index contributed by atoms with van der Waals surface area (Å²) in [4.78, 5) is 26.0. The molecule has 9 heteroatoms. The normalized spacial score (nSPS) is 20.4. The maximum absolute atomic E-state index is 12.1. The quantitative estimate of drug-likeness (QED) is 0.824. The molecule has 0 saturated carbocycles. The van der Waals surface area contributed by atoms with Gasteiger partial charge in [0, 0.05) is 51.8 Å². The lowest BCUT2D eigenvalue weighted by Gasteiger charge is -2.18. The summed E-state index contributed by atoms with van der Waals surface area (Å²) in [6, 6.07) is 2.27. The van der Waals surface area contributed by atoms with E-state index in [1.54, 1.807) is 29.2 Å². The first-order chi connectivity index (χ1) is 12.2. The number of amides is 2. The Bertz CT molecular complexity index is 841. The van der Waals surface area contributed by atoms with Gasteiger partial charge in [0.15, 0.2) is 11.5 Å². The van der Waals surface area contributed by atoms with Crippen LogP contribution in [0.2, 0.25) is 0 Å². The third-order valence-corrected chi connectivity index (χ3v) is 4.74. The van der Waals surface area contributed by atoms with Gasteiger partial charge in [0.2, 0.25) is 0 Å². The molecule has 2 amide bonds. The van der Waals surface area contributed by atoms with Crippen LogP contribution in [0.1, 0.15) is 18.2 Å². The van der Waals surface area contributed by atoms with Gasteiger partial charge < -0.3 is 9.80 Å². The van der Waals surface area contributed by atoms with Crippen LogP contribution in [0.4, 0.5) is 16.3 Å². The molecule has 2 aromatic rings. The number of rotatable bonds is 3. The van der Waals surface area contributed by atoms with E-state index in [0.29, 0.717) is 24.6 Å². The summed E-state index contributed by atoms with van der Waals surface area (Å²) in [6.07, 6.45) is 7.69. The summed E-state index contributed by atoms with van der Waals surface area (Å²) in [5.41, 5.74) is 1.17. The molecule has 0 N–H and O–H groups in total. The largest absolute Gasteiger partial charge is 0.352 e. The second-order valence-electron chi connectivity index (χ2n) is 6.26. The lowest BCUT2D eigenvalue weighted by molar-refractivity contribution is 0.229. The predicted molar refractivity (Wildman–Crippen MR) is 90.2 cm³/mol. The van der Waals surface area contributed by atoms with Gasteiger partial charge in [-0.05, 0) is 6.42 Å². The van der Waals surface area contributed by atoms with Gasteiger partial charge >= 0.3 is 6.03 Å². The molecule has 4 heterocycles. The van der Waals surface area contributed by atoms with Crippen molar-refractivity contribution in [2.75, 3.05) is 43.0 Å². The maximum Gasteiger partial charge on any atom is 0.324 e. The zero-order valence-electron chi connectivity index (χ0n) is 13.9. The highest BCUT2D eigenvalue weighted by molar-refractivity contribution is 5.93. The molecule has 2 aliphatic heterocycles. The zero-order chi connectivity index (χ0) is 17.4. The molecule has 25 heavy (non-hydrogen) atoms. The summed E-state index contributed by atoms with van der Waals surface area (Å²) < 4.78 is 1.91. The van der Waals surface area contributed by atoms with E-state index in [2.05, 4.69) is 26.0 Å². The minimum atomic E-state index is 0.00539. The number of hydrogen-bond acceptors (Lipinski definition) is 6. The van der Waals surface area contributed by atoms with E-state index < -0.39 is 0 Å². The molecule has 1 unspecified atom stereocenters. The Morgan fingerprint density at radius 3 is 2.84 bits per heavy atom. The van der Waals surface area contributed by atoms with Crippen LogP contribution in [0.25, 0.3) is 0 Å². The Hall–Kier alpha value is -3.15. The first-order valence-corrected chi connectivity index (χ1v) is 8.20. The van der Waals surface area contributed by atoms with E-state index in [1.165, 1.54) is 6.20 Å². The molecule has 1 atom stereocenters. The van der Waals surface area contributed by atoms with Gasteiger partial charge in [-0.3, -0.25) is 9.58 Å². The first kappa shape index (κ1) is 15.4. The van der Waals surface area contributed by atoms with Crippen LogP contribution in [0.15, 0.2) is 24.8 Å². The van der Waals surface area contributed by atoms with Crippen molar-refractivity contribution >= 4 is 17.5 Å². The number of likely N-dealkylation sites (N-methyl/N-ethyl adjacent to an activating group) is 1.